The summed E-state index contributed by atoms with van der Waals surface area (Å²) < 4.78 is 28.1. The van der Waals surface area contributed by atoms with Crippen molar-refractivity contribution in [3.63, 3.8) is 0 Å². The SMILES string of the molecule is O=S(=O)(c1cccc2cccnc12)N1CCCN(Cc2ccsc2)CC1. The second-order valence-electron chi connectivity index (χ2n) is 6.50. The first-order valence-corrected chi connectivity index (χ1v) is 11.1. The Hall–Kier alpha value is -1.80. The van der Waals surface area contributed by atoms with Gasteiger partial charge in [0.05, 0.1) is 5.52 Å². The number of nitrogens with zero attached hydrogens (tertiary/aromatic N) is 3. The summed E-state index contributed by atoms with van der Waals surface area (Å²) in [5, 5.41) is 5.08. The maximum Gasteiger partial charge on any atom is 0.245 e. The molecular weight excluding hydrogens is 366 g/mol. The van der Waals surface area contributed by atoms with Gasteiger partial charge < -0.3 is 0 Å². The number of pyridine rings is 1. The van der Waals surface area contributed by atoms with Crippen molar-refractivity contribution in [1.82, 2.24) is 14.2 Å². The van der Waals surface area contributed by atoms with Crippen LogP contribution in [0.15, 0.2) is 58.3 Å². The first kappa shape index (κ1) is 17.6. The molecule has 0 spiro atoms. The molecule has 0 aliphatic carbocycles. The van der Waals surface area contributed by atoms with Crippen molar-refractivity contribution in [3.05, 3.63) is 58.9 Å². The van der Waals surface area contributed by atoms with Crippen molar-refractivity contribution in [1.29, 1.82) is 0 Å². The van der Waals surface area contributed by atoms with Gasteiger partial charge in [-0.2, -0.15) is 15.6 Å². The molecule has 0 atom stereocenters. The number of aromatic nitrogens is 1. The summed E-state index contributed by atoms with van der Waals surface area (Å²) in [7, 11) is -3.55. The predicted octanol–water partition coefficient (Wildman–Crippen LogP) is 3.19. The van der Waals surface area contributed by atoms with Gasteiger partial charge in [-0.05, 0) is 47.5 Å². The number of benzene rings is 1. The highest BCUT2D eigenvalue weighted by Crippen LogP contribution is 2.25. The van der Waals surface area contributed by atoms with Crippen LogP contribution in [-0.2, 0) is 16.6 Å². The van der Waals surface area contributed by atoms with Crippen LogP contribution >= 0.6 is 11.3 Å². The first-order chi connectivity index (χ1) is 12.6. The number of para-hydroxylation sites is 1. The Morgan fingerprint density at radius 1 is 1.04 bits per heavy atom. The monoisotopic (exact) mass is 387 g/mol. The van der Waals surface area contributed by atoms with Gasteiger partial charge in [0.2, 0.25) is 10.0 Å². The number of thiophene rings is 1. The Labute approximate surface area is 157 Å². The minimum absolute atomic E-state index is 0.307. The van der Waals surface area contributed by atoms with E-state index in [4.69, 9.17) is 0 Å². The molecule has 1 aliphatic rings. The molecular formula is C19H21N3O2S2. The van der Waals surface area contributed by atoms with Crippen LogP contribution in [0.5, 0.6) is 0 Å². The molecule has 1 aromatic carbocycles. The van der Waals surface area contributed by atoms with Crippen LogP contribution < -0.4 is 0 Å². The summed E-state index contributed by atoms with van der Waals surface area (Å²) in [6.07, 6.45) is 2.48. The molecule has 1 saturated heterocycles. The van der Waals surface area contributed by atoms with E-state index in [9.17, 15) is 8.42 Å². The van der Waals surface area contributed by atoms with Crippen LogP contribution in [0.1, 0.15) is 12.0 Å². The van der Waals surface area contributed by atoms with Gasteiger partial charge in [-0.25, -0.2) is 8.42 Å². The van der Waals surface area contributed by atoms with Gasteiger partial charge in [-0.1, -0.05) is 18.2 Å². The second kappa shape index (κ2) is 7.44. The van der Waals surface area contributed by atoms with E-state index in [0.29, 0.717) is 23.5 Å². The van der Waals surface area contributed by atoms with Gasteiger partial charge >= 0.3 is 0 Å². The highest BCUT2D eigenvalue weighted by molar-refractivity contribution is 7.89. The molecule has 2 aromatic heterocycles. The van der Waals surface area contributed by atoms with Gasteiger partial charge in [-0.3, -0.25) is 9.88 Å². The number of sulfonamides is 1. The van der Waals surface area contributed by atoms with E-state index in [-0.39, 0.29) is 0 Å². The van der Waals surface area contributed by atoms with Gasteiger partial charge in [0, 0.05) is 37.8 Å². The van der Waals surface area contributed by atoms with Gasteiger partial charge in [0.25, 0.3) is 0 Å². The molecule has 1 aliphatic heterocycles. The Kier molecular flexibility index (Phi) is 5.04. The van der Waals surface area contributed by atoms with E-state index < -0.39 is 10.0 Å². The number of hydrogen-bond donors (Lipinski definition) is 0. The van der Waals surface area contributed by atoms with E-state index in [0.717, 1.165) is 31.4 Å². The fourth-order valence-corrected chi connectivity index (χ4v) is 5.70. The quantitative estimate of drug-likeness (QED) is 0.690. The fourth-order valence-electron chi connectivity index (χ4n) is 3.41. The van der Waals surface area contributed by atoms with Crippen LogP contribution in [0.4, 0.5) is 0 Å². The number of rotatable bonds is 4. The van der Waals surface area contributed by atoms with E-state index >= 15 is 0 Å². The topological polar surface area (TPSA) is 53.5 Å². The largest absolute Gasteiger partial charge is 0.298 e. The maximum absolute atomic E-state index is 13.2. The third-order valence-electron chi connectivity index (χ3n) is 4.75. The minimum Gasteiger partial charge on any atom is -0.298 e. The average Bonchev–Trinajstić information content (AvgIpc) is 3.04. The Morgan fingerprint density at radius 3 is 2.77 bits per heavy atom. The van der Waals surface area contributed by atoms with Gasteiger partial charge in [-0.15, -0.1) is 0 Å². The molecule has 136 valence electrons. The van der Waals surface area contributed by atoms with Crippen LogP contribution in [-0.4, -0.2) is 48.8 Å². The molecule has 0 amide bonds. The van der Waals surface area contributed by atoms with E-state index in [2.05, 4.69) is 26.7 Å². The summed E-state index contributed by atoms with van der Waals surface area (Å²) in [6, 6.07) is 11.2. The lowest BCUT2D eigenvalue weighted by Crippen LogP contribution is -2.35. The molecule has 4 rings (SSSR count). The summed E-state index contributed by atoms with van der Waals surface area (Å²) in [5.41, 5.74) is 1.85. The number of fused-ring (bicyclic) bond motifs is 1. The Bertz CT molecular complexity index is 982. The Balaban J connectivity index is 1.56. The first-order valence-electron chi connectivity index (χ1n) is 8.72. The summed E-state index contributed by atoms with van der Waals surface area (Å²) in [6.45, 7) is 3.59. The van der Waals surface area contributed by atoms with Crippen molar-refractivity contribution in [3.8, 4) is 0 Å². The zero-order valence-corrected chi connectivity index (χ0v) is 16.0. The lowest BCUT2D eigenvalue weighted by molar-refractivity contribution is 0.279. The molecule has 26 heavy (non-hydrogen) atoms. The van der Waals surface area contributed by atoms with Crippen molar-refractivity contribution in [2.75, 3.05) is 26.2 Å². The van der Waals surface area contributed by atoms with Crippen LogP contribution in [0.25, 0.3) is 10.9 Å². The predicted molar refractivity (Wildman–Crippen MR) is 105 cm³/mol. The zero-order chi connectivity index (χ0) is 18.0. The van der Waals surface area contributed by atoms with E-state index in [1.54, 1.807) is 34.0 Å². The number of hydrogen-bond acceptors (Lipinski definition) is 5. The fraction of sp³-hybridized carbons (Fsp3) is 0.316. The van der Waals surface area contributed by atoms with Crippen LogP contribution in [0, 0.1) is 0 Å². The average molecular weight is 388 g/mol. The molecule has 0 bridgehead atoms. The third kappa shape index (κ3) is 3.53. The third-order valence-corrected chi connectivity index (χ3v) is 7.41. The molecule has 0 N–H and O–H groups in total. The smallest absolute Gasteiger partial charge is 0.245 e. The lowest BCUT2D eigenvalue weighted by Gasteiger charge is -2.22. The van der Waals surface area contributed by atoms with Crippen LogP contribution in [0.2, 0.25) is 0 Å². The minimum atomic E-state index is -3.55. The summed E-state index contributed by atoms with van der Waals surface area (Å²) >= 11 is 1.70. The maximum atomic E-state index is 13.2. The molecule has 1 fully saturated rings. The normalized spacial score (nSPS) is 17.4. The molecule has 5 nitrogen and oxygen atoms in total. The molecule has 0 saturated carbocycles. The van der Waals surface area contributed by atoms with Gasteiger partial charge in [0.1, 0.15) is 4.90 Å². The van der Waals surface area contributed by atoms with Crippen molar-refractivity contribution in [2.24, 2.45) is 0 Å². The zero-order valence-electron chi connectivity index (χ0n) is 14.4. The van der Waals surface area contributed by atoms with E-state index in [1.807, 2.05) is 18.2 Å². The van der Waals surface area contributed by atoms with Gasteiger partial charge in [0.15, 0.2) is 0 Å². The highest BCUT2D eigenvalue weighted by atomic mass is 32.2. The van der Waals surface area contributed by atoms with Crippen molar-refractivity contribution >= 4 is 32.3 Å². The molecule has 3 heterocycles. The van der Waals surface area contributed by atoms with Crippen LogP contribution in [0.3, 0.4) is 0 Å². The van der Waals surface area contributed by atoms with E-state index in [1.165, 1.54) is 5.56 Å². The molecule has 0 radical (unpaired) electrons. The van der Waals surface area contributed by atoms with Crippen molar-refractivity contribution in [2.45, 2.75) is 17.9 Å². The molecule has 0 unspecified atom stereocenters. The molecule has 7 heteroatoms. The van der Waals surface area contributed by atoms with Crippen molar-refractivity contribution < 1.29 is 8.42 Å². The highest BCUT2D eigenvalue weighted by Gasteiger charge is 2.28. The molecule has 3 aromatic rings. The summed E-state index contributed by atoms with van der Waals surface area (Å²) in [5.74, 6) is 0. The standard InChI is InChI=1S/C19H21N3O2S2/c23-26(24,18-6-1-4-17-5-2-8-20-19(17)18)22-10-3-9-21(11-12-22)14-16-7-13-25-15-16/h1-2,4-8,13,15H,3,9-12,14H2. The lowest BCUT2D eigenvalue weighted by atomic mass is 10.2. The second-order valence-corrected chi connectivity index (χ2v) is 9.18. The summed E-state index contributed by atoms with van der Waals surface area (Å²) in [4.78, 5) is 6.96. The Morgan fingerprint density at radius 2 is 1.92 bits per heavy atom.